The number of rotatable bonds is 4. The summed E-state index contributed by atoms with van der Waals surface area (Å²) in [5.41, 5.74) is 2.95. The number of hydrogen-bond acceptors (Lipinski definition) is 2. The van der Waals surface area contributed by atoms with Crippen molar-refractivity contribution in [3.05, 3.63) is 58.9 Å². The maximum Gasteiger partial charge on any atom is 0.161 e. The minimum Gasteiger partial charge on any atom is -0.381 e. The summed E-state index contributed by atoms with van der Waals surface area (Å²) < 4.78 is 39.5. The molecule has 2 rings (SSSR count). The summed E-state index contributed by atoms with van der Waals surface area (Å²) in [4.78, 5) is 1.98. The van der Waals surface area contributed by atoms with Gasteiger partial charge in [0.25, 0.3) is 0 Å². The van der Waals surface area contributed by atoms with Crippen LogP contribution in [0.1, 0.15) is 11.1 Å². The van der Waals surface area contributed by atoms with Gasteiger partial charge in [-0.3, -0.25) is 0 Å². The average Bonchev–Trinajstić information content (AvgIpc) is 2.42. The second-order valence-electron chi connectivity index (χ2n) is 5.10. The van der Waals surface area contributed by atoms with E-state index in [0.717, 1.165) is 23.0 Å². The molecule has 0 saturated heterocycles. The van der Waals surface area contributed by atoms with Crippen molar-refractivity contribution in [2.75, 3.05) is 24.3 Å². The smallest absolute Gasteiger partial charge is 0.161 e. The second-order valence-corrected chi connectivity index (χ2v) is 5.10. The molecular formula is C16H17F3N2. The predicted octanol–water partition coefficient (Wildman–Crippen LogP) is 4.09. The fourth-order valence-corrected chi connectivity index (χ4v) is 2.01. The maximum absolute atomic E-state index is 13.6. The molecule has 0 atom stereocenters. The molecule has 0 saturated carbocycles. The van der Waals surface area contributed by atoms with E-state index in [-0.39, 0.29) is 12.1 Å². The molecule has 112 valence electrons. The third kappa shape index (κ3) is 3.48. The SMILES string of the molecule is Cc1cc(N(C)C)ccc1NCc1cc(F)c(F)cc1F. The quantitative estimate of drug-likeness (QED) is 0.854. The summed E-state index contributed by atoms with van der Waals surface area (Å²) in [6, 6.07) is 7.23. The highest BCUT2D eigenvalue weighted by atomic mass is 19.2. The highest BCUT2D eigenvalue weighted by Gasteiger charge is 2.10. The van der Waals surface area contributed by atoms with E-state index in [4.69, 9.17) is 0 Å². The normalized spacial score (nSPS) is 10.6. The zero-order valence-electron chi connectivity index (χ0n) is 12.2. The van der Waals surface area contributed by atoms with E-state index in [9.17, 15) is 13.2 Å². The van der Waals surface area contributed by atoms with Gasteiger partial charge in [-0.2, -0.15) is 0 Å². The van der Waals surface area contributed by atoms with E-state index in [2.05, 4.69) is 5.32 Å². The first-order valence-corrected chi connectivity index (χ1v) is 6.53. The molecule has 0 spiro atoms. The van der Waals surface area contributed by atoms with Crippen molar-refractivity contribution in [3.63, 3.8) is 0 Å². The number of hydrogen-bond donors (Lipinski definition) is 1. The number of halogens is 3. The van der Waals surface area contributed by atoms with Crippen molar-refractivity contribution < 1.29 is 13.2 Å². The molecule has 21 heavy (non-hydrogen) atoms. The van der Waals surface area contributed by atoms with Crippen LogP contribution in [-0.4, -0.2) is 14.1 Å². The Balaban J connectivity index is 2.15. The Hall–Kier alpha value is -2.17. The Bertz CT molecular complexity index is 654. The lowest BCUT2D eigenvalue weighted by atomic mass is 10.1. The van der Waals surface area contributed by atoms with E-state index in [1.807, 2.05) is 44.1 Å². The molecule has 0 radical (unpaired) electrons. The Morgan fingerprint density at radius 3 is 2.24 bits per heavy atom. The van der Waals surface area contributed by atoms with Crippen molar-refractivity contribution >= 4 is 11.4 Å². The first-order valence-electron chi connectivity index (χ1n) is 6.53. The summed E-state index contributed by atoms with van der Waals surface area (Å²) in [5.74, 6) is -2.99. The van der Waals surface area contributed by atoms with Crippen molar-refractivity contribution in [1.29, 1.82) is 0 Å². The van der Waals surface area contributed by atoms with E-state index in [0.29, 0.717) is 6.07 Å². The van der Waals surface area contributed by atoms with Gasteiger partial charge < -0.3 is 10.2 Å². The van der Waals surface area contributed by atoms with Crippen molar-refractivity contribution in [2.45, 2.75) is 13.5 Å². The van der Waals surface area contributed by atoms with Gasteiger partial charge in [0.05, 0.1) is 0 Å². The molecule has 0 aliphatic rings. The van der Waals surface area contributed by atoms with Crippen LogP contribution in [0.15, 0.2) is 30.3 Å². The van der Waals surface area contributed by atoms with E-state index < -0.39 is 17.5 Å². The number of aryl methyl sites for hydroxylation is 1. The highest BCUT2D eigenvalue weighted by Crippen LogP contribution is 2.22. The number of anilines is 2. The third-order valence-electron chi connectivity index (χ3n) is 3.28. The van der Waals surface area contributed by atoms with Gasteiger partial charge in [0, 0.05) is 43.6 Å². The monoisotopic (exact) mass is 294 g/mol. The van der Waals surface area contributed by atoms with E-state index in [1.165, 1.54) is 0 Å². The highest BCUT2D eigenvalue weighted by molar-refractivity contribution is 5.59. The number of nitrogens with one attached hydrogen (secondary N) is 1. The van der Waals surface area contributed by atoms with Gasteiger partial charge in [0.2, 0.25) is 0 Å². The van der Waals surface area contributed by atoms with Crippen LogP contribution in [-0.2, 0) is 6.54 Å². The fraction of sp³-hybridized carbons (Fsp3) is 0.250. The Kier molecular flexibility index (Phi) is 4.40. The predicted molar refractivity (Wildman–Crippen MR) is 79.1 cm³/mol. The first-order chi connectivity index (χ1) is 9.88. The summed E-state index contributed by atoms with van der Waals surface area (Å²) >= 11 is 0. The maximum atomic E-state index is 13.6. The van der Waals surface area contributed by atoms with Gasteiger partial charge in [-0.15, -0.1) is 0 Å². The molecular weight excluding hydrogens is 277 g/mol. The summed E-state index contributed by atoms with van der Waals surface area (Å²) in [6.07, 6.45) is 0. The topological polar surface area (TPSA) is 15.3 Å². The lowest BCUT2D eigenvalue weighted by molar-refractivity contribution is 0.490. The molecule has 0 aliphatic heterocycles. The van der Waals surface area contributed by atoms with Crippen molar-refractivity contribution in [3.8, 4) is 0 Å². The molecule has 0 unspecified atom stereocenters. The minimum absolute atomic E-state index is 0.0880. The molecule has 0 aliphatic carbocycles. The Morgan fingerprint density at radius 1 is 0.952 bits per heavy atom. The van der Waals surface area contributed by atoms with Crippen LogP contribution < -0.4 is 10.2 Å². The lowest BCUT2D eigenvalue weighted by Gasteiger charge is -2.16. The molecule has 0 amide bonds. The number of benzene rings is 2. The molecule has 0 heterocycles. The summed E-state index contributed by atoms with van der Waals surface area (Å²) in [5, 5.41) is 3.04. The Labute approximate surface area is 122 Å². The van der Waals surface area contributed by atoms with Crippen LogP contribution in [0.2, 0.25) is 0 Å². The van der Waals surface area contributed by atoms with Gasteiger partial charge in [-0.05, 0) is 36.8 Å². The van der Waals surface area contributed by atoms with Gasteiger partial charge in [0.1, 0.15) is 5.82 Å². The second kappa shape index (κ2) is 6.08. The molecule has 2 aromatic carbocycles. The van der Waals surface area contributed by atoms with Crippen LogP contribution in [0, 0.1) is 24.4 Å². The molecule has 0 fully saturated rings. The first kappa shape index (κ1) is 15.2. The van der Waals surface area contributed by atoms with Gasteiger partial charge in [0.15, 0.2) is 11.6 Å². The van der Waals surface area contributed by atoms with Gasteiger partial charge >= 0.3 is 0 Å². The fourth-order valence-electron chi connectivity index (χ4n) is 2.01. The van der Waals surface area contributed by atoms with Crippen LogP contribution >= 0.6 is 0 Å². The largest absolute Gasteiger partial charge is 0.381 e. The van der Waals surface area contributed by atoms with Crippen LogP contribution in [0.3, 0.4) is 0 Å². The molecule has 2 aromatic rings. The van der Waals surface area contributed by atoms with Crippen LogP contribution in [0.25, 0.3) is 0 Å². The van der Waals surface area contributed by atoms with Gasteiger partial charge in [-0.25, -0.2) is 13.2 Å². The standard InChI is InChI=1S/C16H17F3N2/c1-10-6-12(21(2)3)4-5-16(10)20-9-11-7-14(18)15(19)8-13(11)17/h4-8,20H,9H2,1-3H3. The molecule has 2 nitrogen and oxygen atoms in total. The average molecular weight is 294 g/mol. The molecule has 5 heteroatoms. The molecule has 0 aromatic heterocycles. The third-order valence-corrected chi connectivity index (χ3v) is 3.28. The van der Waals surface area contributed by atoms with Crippen LogP contribution in [0.4, 0.5) is 24.5 Å². The Morgan fingerprint density at radius 2 is 1.62 bits per heavy atom. The van der Waals surface area contributed by atoms with E-state index >= 15 is 0 Å². The number of nitrogens with zero attached hydrogens (tertiary/aromatic N) is 1. The van der Waals surface area contributed by atoms with Crippen molar-refractivity contribution in [2.24, 2.45) is 0 Å². The van der Waals surface area contributed by atoms with Crippen LogP contribution in [0.5, 0.6) is 0 Å². The zero-order valence-corrected chi connectivity index (χ0v) is 12.2. The van der Waals surface area contributed by atoms with E-state index in [1.54, 1.807) is 0 Å². The van der Waals surface area contributed by atoms with Gasteiger partial charge in [-0.1, -0.05) is 0 Å². The minimum atomic E-state index is -1.18. The molecule has 0 bridgehead atoms. The zero-order chi connectivity index (χ0) is 15.6. The summed E-state index contributed by atoms with van der Waals surface area (Å²) in [6.45, 7) is 2.02. The summed E-state index contributed by atoms with van der Waals surface area (Å²) in [7, 11) is 3.89. The molecule has 1 N–H and O–H groups in total. The van der Waals surface area contributed by atoms with Crippen molar-refractivity contribution in [1.82, 2.24) is 0 Å². The lowest BCUT2D eigenvalue weighted by Crippen LogP contribution is -2.09.